The van der Waals surface area contributed by atoms with Gasteiger partial charge in [-0.25, -0.2) is 0 Å². The lowest BCUT2D eigenvalue weighted by atomic mass is 10.2. The number of hydrogen-bond acceptors (Lipinski definition) is 3. The maximum absolute atomic E-state index is 12.5. The fourth-order valence-electron chi connectivity index (χ4n) is 3.11. The van der Waals surface area contributed by atoms with Crippen molar-refractivity contribution in [2.45, 2.75) is 51.6 Å². The summed E-state index contributed by atoms with van der Waals surface area (Å²) >= 11 is 6.82. The molecule has 21 heavy (non-hydrogen) atoms. The minimum absolute atomic E-state index is 0.101. The Morgan fingerprint density at radius 2 is 1.90 bits per heavy atom. The molecule has 1 aromatic rings. The third-order valence-electron chi connectivity index (χ3n) is 4.46. The van der Waals surface area contributed by atoms with Crippen molar-refractivity contribution in [1.82, 2.24) is 9.47 Å². The lowest BCUT2D eigenvalue weighted by Crippen LogP contribution is -2.30. The van der Waals surface area contributed by atoms with E-state index >= 15 is 0 Å². The summed E-state index contributed by atoms with van der Waals surface area (Å²) in [7, 11) is 0. The Kier molecular flexibility index (Phi) is 3.05. The van der Waals surface area contributed by atoms with Crippen molar-refractivity contribution in [2.24, 2.45) is 0 Å². The molecular formula is C16H18N2OS2. The van der Waals surface area contributed by atoms with Crippen LogP contribution < -0.4 is 0 Å². The number of thiocarbonyl (C=S) groups is 1. The van der Waals surface area contributed by atoms with Crippen molar-refractivity contribution in [3.05, 3.63) is 27.9 Å². The molecule has 2 saturated carbocycles. The molecule has 1 aliphatic heterocycles. The van der Waals surface area contributed by atoms with Gasteiger partial charge in [0.25, 0.3) is 5.91 Å². The van der Waals surface area contributed by atoms with Gasteiger partial charge in [-0.3, -0.25) is 9.69 Å². The van der Waals surface area contributed by atoms with Gasteiger partial charge in [-0.15, -0.1) is 0 Å². The second kappa shape index (κ2) is 4.71. The Balaban J connectivity index is 1.67. The van der Waals surface area contributed by atoms with E-state index in [4.69, 9.17) is 12.2 Å². The summed E-state index contributed by atoms with van der Waals surface area (Å²) in [4.78, 5) is 15.1. The fourth-order valence-corrected chi connectivity index (χ4v) is 4.50. The molecule has 3 nitrogen and oxygen atoms in total. The number of carbonyl (C=O) groups is 1. The predicted molar refractivity (Wildman–Crippen MR) is 90.2 cm³/mol. The maximum Gasteiger partial charge on any atom is 0.266 e. The number of rotatable bonds is 3. The molecule has 3 aliphatic rings. The van der Waals surface area contributed by atoms with Crippen molar-refractivity contribution in [3.8, 4) is 0 Å². The first-order valence-electron chi connectivity index (χ1n) is 7.52. The van der Waals surface area contributed by atoms with E-state index in [-0.39, 0.29) is 5.91 Å². The Morgan fingerprint density at radius 3 is 2.52 bits per heavy atom. The van der Waals surface area contributed by atoms with Crippen LogP contribution in [0.4, 0.5) is 0 Å². The highest BCUT2D eigenvalue weighted by Gasteiger charge is 2.42. The van der Waals surface area contributed by atoms with Crippen LogP contribution in [0.3, 0.4) is 0 Å². The van der Waals surface area contributed by atoms with Crippen LogP contribution in [0.25, 0.3) is 6.08 Å². The molecule has 0 radical (unpaired) electrons. The predicted octanol–water partition coefficient (Wildman–Crippen LogP) is 3.80. The van der Waals surface area contributed by atoms with Gasteiger partial charge in [0, 0.05) is 23.5 Å². The van der Waals surface area contributed by atoms with Gasteiger partial charge in [-0.05, 0) is 57.2 Å². The van der Waals surface area contributed by atoms with Gasteiger partial charge < -0.3 is 4.57 Å². The smallest absolute Gasteiger partial charge is 0.266 e. The van der Waals surface area contributed by atoms with E-state index in [2.05, 4.69) is 24.5 Å². The number of hydrogen-bond donors (Lipinski definition) is 0. The lowest BCUT2D eigenvalue weighted by Gasteiger charge is -2.11. The standard InChI is InChI=1S/C16H18N2OS2/c1-9-7-11(10(2)17(9)12-3-4-12)8-14-15(19)18(13-5-6-13)16(20)21-14/h7-8,12-13H,3-6H2,1-2H3. The first-order chi connectivity index (χ1) is 10.1. The molecule has 1 saturated heterocycles. The topological polar surface area (TPSA) is 25.2 Å². The van der Waals surface area contributed by atoms with E-state index in [1.165, 1.54) is 36.0 Å². The van der Waals surface area contributed by atoms with Crippen LogP contribution in [0.2, 0.25) is 0 Å². The van der Waals surface area contributed by atoms with Gasteiger partial charge in [-0.1, -0.05) is 24.0 Å². The van der Waals surface area contributed by atoms with Gasteiger partial charge in [0.1, 0.15) is 4.32 Å². The largest absolute Gasteiger partial charge is 0.346 e. The molecule has 2 aliphatic carbocycles. The van der Waals surface area contributed by atoms with E-state index in [1.807, 2.05) is 11.0 Å². The van der Waals surface area contributed by atoms with Crippen LogP contribution in [0.15, 0.2) is 11.0 Å². The van der Waals surface area contributed by atoms with Crippen molar-refractivity contribution < 1.29 is 4.79 Å². The second-order valence-electron chi connectivity index (χ2n) is 6.21. The Labute approximate surface area is 134 Å². The molecule has 4 rings (SSSR count). The molecule has 3 fully saturated rings. The molecule has 110 valence electrons. The zero-order valence-electron chi connectivity index (χ0n) is 12.3. The zero-order valence-corrected chi connectivity index (χ0v) is 13.9. The highest BCUT2D eigenvalue weighted by Crippen LogP contribution is 2.42. The number of amides is 1. The third kappa shape index (κ3) is 2.27. The molecular weight excluding hydrogens is 300 g/mol. The molecule has 2 heterocycles. The van der Waals surface area contributed by atoms with Gasteiger partial charge in [0.05, 0.1) is 4.91 Å². The minimum atomic E-state index is 0.101. The van der Waals surface area contributed by atoms with Gasteiger partial charge in [0.15, 0.2) is 0 Å². The van der Waals surface area contributed by atoms with Crippen molar-refractivity contribution in [2.75, 3.05) is 0 Å². The quantitative estimate of drug-likeness (QED) is 0.626. The summed E-state index contributed by atoms with van der Waals surface area (Å²) in [5.74, 6) is 0.101. The zero-order chi connectivity index (χ0) is 14.7. The third-order valence-corrected chi connectivity index (χ3v) is 5.79. The molecule has 0 N–H and O–H groups in total. The highest BCUT2D eigenvalue weighted by molar-refractivity contribution is 8.26. The highest BCUT2D eigenvalue weighted by atomic mass is 32.2. The number of thioether (sulfide) groups is 1. The van der Waals surface area contributed by atoms with Crippen LogP contribution in [-0.2, 0) is 4.79 Å². The van der Waals surface area contributed by atoms with Crippen LogP contribution in [-0.4, -0.2) is 25.7 Å². The number of nitrogens with zero attached hydrogens (tertiary/aromatic N) is 2. The SMILES string of the molecule is Cc1cc(C=C2SC(=S)N(C3CC3)C2=O)c(C)n1C1CC1. The Hall–Kier alpha value is -1.07. The minimum Gasteiger partial charge on any atom is -0.346 e. The molecule has 0 spiro atoms. The molecule has 1 amide bonds. The second-order valence-corrected chi connectivity index (χ2v) is 7.89. The first-order valence-corrected chi connectivity index (χ1v) is 8.74. The summed E-state index contributed by atoms with van der Waals surface area (Å²) in [6, 6.07) is 3.23. The molecule has 1 aromatic heterocycles. The van der Waals surface area contributed by atoms with Crippen LogP contribution >= 0.6 is 24.0 Å². The van der Waals surface area contributed by atoms with Crippen molar-refractivity contribution in [1.29, 1.82) is 0 Å². The molecule has 0 atom stereocenters. The van der Waals surface area contributed by atoms with E-state index < -0.39 is 0 Å². The van der Waals surface area contributed by atoms with E-state index in [0.29, 0.717) is 12.1 Å². The van der Waals surface area contributed by atoms with E-state index in [9.17, 15) is 4.79 Å². The molecule has 0 aromatic carbocycles. The Bertz CT molecular complexity index is 681. The number of aryl methyl sites for hydroxylation is 1. The fraction of sp³-hybridized carbons (Fsp3) is 0.500. The molecule has 0 unspecified atom stereocenters. The molecule has 0 bridgehead atoms. The summed E-state index contributed by atoms with van der Waals surface area (Å²) in [5.41, 5.74) is 3.72. The Morgan fingerprint density at radius 1 is 1.24 bits per heavy atom. The number of carbonyl (C=O) groups excluding carboxylic acids is 1. The maximum atomic E-state index is 12.5. The lowest BCUT2D eigenvalue weighted by molar-refractivity contribution is -0.122. The van der Waals surface area contributed by atoms with Crippen LogP contribution in [0.5, 0.6) is 0 Å². The van der Waals surface area contributed by atoms with Gasteiger partial charge in [-0.2, -0.15) is 0 Å². The van der Waals surface area contributed by atoms with Crippen molar-refractivity contribution >= 4 is 40.3 Å². The van der Waals surface area contributed by atoms with Gasteiger partial charge >= 0.3 is 0 Å². The summed E-state index contributed by atoms with van der Waals surface area (Å²) < 4.78 is 3.14. The summed E-state index contributed by atoms with van der Waals surface area (Å²) in [6.45, 7) is 4.30. The average molecular weight is 318 g/mol. The average Bonchev–Trinajstić information content (AvgIpc) is 3.31. The van der Waals surface area contributed by atoms with Crippen molar-refractivity contribution in [3.63, 3.8) is 0 Å². The summed E-state index contributed by atoms with van der Waals surface area (Å²) in [6.07, 6.45) is 6.77. The van der Waals surface area contributed by atoms with Crippen LogP contribution in [0, 0.1) is 13.8 Å². The number of aromatic nitrogens is 1. The van der Waals surface area contributed by atoms with Crippen LogP contribution in [0.1, 0.15) is 48.7 Å². The van der Waals surface area contributed by atoms with E-state index in [0.717, 1.165) is 27.6 Å². The monoisotopic (exact) mass is 318 g/mol. The van der Waals surface area contributed by atoms with Gasteiger partial charge in [0.2, 0.25) is 0 Å². The van der Waals surface area contributed by atoms with E-state index in [1.54, 1.807) is 0 Å². The normalized spacial score (nSPS) is 24.5. The first kappa shape index (κ1) is 13.6. The molecule has 5 heteroatoms. The summed E-state index contributed by atoms with van der Waals surface area (Å²) in [5, 5.41) is 0.